The first-order valence-corrected chi connectivity index (χ1v) is 11.0. The highest BCUT2D eigenvalue weighted by molar-refractivity contribution is 6.12. The van der Waals surface area contributed by atoms with Gasteiger partial charge in [-0.2, -0.15) is 0 Å². The monoisotopic (exact) mass is 421 g/mol. The van der Waals surface area contributed by atoms with Gasteiger partial charge in [0.05, 0.1) is 17.3 Å². The van der Waals surface area contributed by atoms with Gasteiger partial charge in [0, 0.05) is 25.2 Å². The first-order valence-electron chi connectivity index (χ1n) is 11.0. The molecule has 164 valence electrons. The maximum Gasteiger partial charge on any atom is 0.258 e. The molecule has 0 saturated heterocycles. The number of hydrogen-bond acceptors (Lipinski definition) is 3. The van der Waals surface area contributed by atoms with Gasteiger partial charge in [0.25, 0.3) is 5.91 Å². The van der Waals surface area contributed by atoms with E-state index in [1.807, 2.05) is 68.1 Å². The standard InChI is InChI=1S/C25H31N3O3/c1-4-15-26(16-5-2)23(29)18-28-22-14-10-9-13-21(22)27(17-19(3)24(28)30)25(31)20-11-7-6-8-12-20/h6-14,19H,4-5,15-18H2,1-3H3. The Bertz CT molecular complexity index is 923. The minimum Gasteiger partial charge on any atom is -0.341 e. The number of rotatable bonds is 7. The zero-order chi connectivity index (χ0) is 22.4. The molecule has 1 atom stereocenters. The van der Waals surface area contributed by atoms with E-state index in [1.165, 1.54) is 0 Å². The summed E-state index contributed by atoms with van der Waals surface area (Å²) in [7, 11) is 0. The van der Waals surface area contributed by atoms with Gasteiger partial charge in [-0.05, 0) is 37.1 Å². The topological polar surface area (TPSA) is 60.9 Å². The third-order valence-electron chi connectivity index (χ3n) is 5.51. The minimum atomic E-state index is -0.432. The molecule has 0 radical (unpaired) electrons. The van der Waals surface area contributed by atoms with E-state index in [-0.39, 0.29) is 30.8 Å². The van der Waals surface area contributed by atoms with Gasteiger partial charge in [0.15, 0.2) is 0 Å². The second-order valence-corrected chi connectivity index (χ2v) is 7.98. The van der Waals surface area contributed by atoms with E-state index < -0.39 is 5.92 Å². The van der Waals surface area contributed by atoms with E-state index in [2.05, 4.69) is 0 Å². The molecule has 6 heteroatoms. The Morgan fingerprint density at radius 1 is 0.935 bits per heavy atom. The van der Waals surface area contributed by atoms with Crippen molar-refractivity contribution in [2.24, 2.45) is 5.92 Å². The molecule has 0 saturated carbocycles. The zero-order valence-corrected chi connectivity index (χ0v) is 18.6. The van der Waals surface area contributed by atoms with Crippen molar-refractivity contribution < 1.29 is 14.4 Å². The highest BCUT2D eigenvalue weighted by atomic mass is 16.2. The van der Waals surface area contributed by atoms with Gasteiger partial charge in [-0.3, -0.25) is 14.4 Å². The summed E-state index contributed by atoms with van der Waals surface area (Å²) >= 11 is 0. The van der Waals surface area contributed by atoms with E-state index in [4.69, 9.17) is 0 Å². The normalized spacial score (nSPS) is 16.0. The van der Waals surface area contributed by atoms with Crippen LogP contribution in [0.3, 0.4) is 0 Å². The molecule has 2 aromatic carbocycles. The van der Waals surface area contributed by atoms with Crippen molar-refractivity contribution in [3.05, 3.63) is 60.2 Å². The number of benzene rings is 2. The first-order chi connectivity index (χ1) is 15.0. The van der Waals surface area contributed by atoms with Crippen LogP contribution in [0.15, 0.2) is 54.6 Å². The lowest BCUT2D eigenvalue weighted by Gasteiger charge is -2.28. The molecule has 3 amide bonds. The molecule has 1 heterocycles. The van der Waals surface area contributed by atoms with E-state index in [9.17, 15) is 14.4 Å². The number of anilines is 2. The maximum atomic E-state index is 13.3. The molecule has 0 fully saturated rings. The number of carbonyl (C=O) groups excluding carboxylic acids is 3. The third kappa shape index (κ3) is 4.95. The molecule has 31 heavy (non-hydrogen) atoms. The smallest absolute Gasteiger partial charge is 0.258 e. The van der Waals surface area contributed by atoms with Crippen molar-refractivity contribution in [2.45, 2.75) is 33.6 Å². The first kappa shape index (κ1) is 22.5. The van der Waals surface area contributed by atoms with E-state index in [1.54, 1.807) is 21.9 Å². The van der Waals surface area contributed by atoms with E-state index in [0.717, 1.165) is 12.8 Å². The minimum absolute atomic E-state index is 0.0203. The van der Waals surface area contributed by atoms with Crippen molar-refractivity contribution in [3.8, 4) is 0 Å². The van der Waals surface area contributed by atoms with E-state index in [0.29, 0.717) is 30.0 Å². The van der Waals surface area contributed by atoms with Crippen LogP contribution in [0.2, 0.25) is 0 Å². The van der Waals surface area contributed by atoms with Crippen molar-refractivity contribution in [3.63, 3.8) is 0 Å². The maximum absolute atomic E-state index is 13.3. The summed E-state index contributed by atoms with van der Waals surface area (Å²) in [6, 6.07) is 16.4. The Morgan fingerprint density at radius 3 is 2.13 bits per heavy atom. The fraction of sp³-hybridized carbons (Fsp3) is 0.400. The van der Waals surface area contributed by atoms with Gasteiger partial charge in [-0.25, -0.2) is 0 Å². The largest absolute Gasteiger partial charge is 0.341 e. The number of fused-ring (bicyclic) bond motifs is 1. The fourth-order valence-electron chi connectivity index (χ4n) is 3.98. The highest BCUT2D eigenvalue weighted by Gasteiger charge is 2.35. The summed E-state index contributed by atoms with van der Waals surface area (Å²) in [4.78, 5) is 44.7. The Labute approximate surface area is 184 Å². The summed E-state index contributed by atoms with van der Waals surface area (Å²) in [6.07, 6.45) is 1.73. The molecule has 1 aliphatic rings. The van der Waals surface area contributed by atoms with Crippen LogP contribution in [0.25, 0.3) is 0 Å². The molecule has 2 aromatic rings. The molecule has 0 aliphatic carbocycles. The summed E-state index contributed by atoms with van der Waals surface area (Å²) < 4.78 is 0. The molecule has 1 aliphatic heterocycles. The number of carbonyl (C=O) groups is 3. The van der Waals surface area contributed by atoms with Crippen molar-refractivity contribution in [2.75, 3.05) is 36.0 Å². The lowest BCUT2D eigenvalue weighted by molar-refractivity contribution is -0.132. The van der Waals surface area contributed by atoms with Gasteiger partial charge in [0.1, 0.15) is 6.54 Å². The van der Waals surface area contributed by atoms with Crippen LogP contribution < -0.4 is 9.80 Å². The molecule has 0 spiro atoms. The van der Waals surface area contributed by atoms with Crippen molar-refractivity contribution in [1.82, 2.24) is 4.90 Å². The average Bonchev–Trinajstić information content (AvgIpc) is 2.89. The molecular formula is C25H31N3O3. The second-order valence-electron chi connectivity index (χ2n) is 7.98. The summed E-state index contributed by atoms with van der Waals surface area (Å²) in [6.45, 7) is 7.48. The predicted molar refractivity (Wildman–Crippen MR) is 123 cm³/mol. The zero-order valence-electron chi connectivity index (χ0n) is 18.6. The predicted octanol–water partition coefficient (Wildman–Crippen LogP) is 3.96. The quantitative estimate of drug-likeness (QED) is 0.680. The Hall–Kier alpha value is -3.15. The fourth-order valence-corrected chi connectivity index (χ4v) is 3.98. The van der Waals surface area contributed by atoms with Crippen molar-refractivity contribution in [1.29, 1.82) is 0 Å². The SMILES string of the molecule is CCCN(CCC)C(=O)CN1C(=O)C(C)CN(C(=O)c2ccccc2)c2ccccc21. The van der Waals surface area contributed by atoms with Crippen LogP contribution in [-0.2, 0) is 9.59 Å². The third-order valence-corrected chi connectivity index (χ3v) is 5.51. The Balaban J connectivity index is 1.97. The van der Waals surface area contributed by atoms with Crippen LogP contribution in [0, 0.1) is 5.92 Å². The van der Waals surface area contributed by atoms with Crippen LogP contribution >= 0.6 is 0 Å². The number of hydrogen-bond donors (Lipinski definition) is 0. The van der Waals surface area contributed by atoms with Crippen LogP contribution in [0.1, 0.15) is 44.0 Å². The number of nitrogens with zero attached hydrogens (tertiary/aromatic N) is 3. The molecule has 0 bridgehead atoms. The number of amides is 3. The summed E-state index contributed by atoms with van der Waals surface area (Å²) in [5, 5.41) is 0. The summed E-state index contributed by atoms with van der Waals surface area (Å²) in [5.41, 5.74) is 1.82. The molecular weight excluding hydrogens is 390 g/mol. The number of para-hydroxylation sites is 2. The molecule has 0 N–H and O–H groups in total. The van der Waals surface area contributed by atoms with E-state index >= 15 is 0 Å². The van der Waals surface area contributed by atoms with Crippen LogP contribution in [-0.4, -0.2) is 48.8 Å². The molecule has 6 nitrogen and oxygen atoms in total. The lowest BCUT2D eigenvalue weighted by Crippen LogP contribution is -2.45. The highest BCUT2D eigenvalue weighted by Crippen LogP contribution is 2.35. The molecule has 1 unspecified atom stereocenters. The lowest BCUT2D eigenvalue weighted by atomic mass is 10.1. The van der Waals surface area contributed by atoms with Crippen LogP contribution in [0.4, 0.5) is 11.4 Å². The van der Waals surface area contributed by atoms with Gasteiger partial charge in [0.2, 0.25) is 11.8 Å². The Morgan fingerprint density at radius 2 is 1.52 bits per heavy atom. The summed E-state index contributed by atoms with van der Waals surface area (Å²) in [5.74, 6) is -0.794. The Kier molecular flexibility index (Phi) is 7.45. The molecule has 0 aromatic heterocycles. The molecule has 3 rings (SSSR count). The van der Waals surface area contributed by atoms with Crippen molar-refractivity contribution >= 4 is 29.1 Å². The van der Waals surface area contributed by atoms with Crippen LogP contribution in [0.5, 0.6) is 0 Å². The second kappa shape index (κ2) is 10.2. The average molecular weight is 422 g/mol. The van der Waals surface area contributed by atoms with Gasteiger partial charge < -0.3 is 14.7 Å². The van der Waals surface area contributed by atoms with Gasteiger partial charge >= 0.3 is 0 Å². The van der Waals surface area contributed by atoms with Gasteiger partial charge in [-0.1, -0.05) is 51.1 Å². The van der Waals surface area contributed by atoms with Gasteiger partial charge in [-0.15, -0.1) is 0 Å².